The van der Waals surface area contributed by atoms with Gasteiger partial charge >= 0.3 is 5.97 Å². The van der Waals surface area contributed by atoms with Gasteiger partial charge < -0.3 is 14.7 Å². The highest BCUT2D eigenvalue weighted by Crippen LogP contribution is 2.37. The van der Waals surface area contributed by atoms with Crippen molar-refractivity contribution in [1.82, 2.24) is 4.90 Å². The molecule has 0 fully saturated rings. The molecule has 2 aromatic carbocycles. The lowest BCUT2D eigenvalue weighted by Crippen LogP contribution is -2.12. The van der Waals surface area contributed by atoms with Gasteiger partial charge in [0.05, 0.1) is 14.6 Å². The molecule has 1 aliphatic rings. The Balaban J connectivity index is 2.37. The highest BCUT2D eigenvalue weighted by Gasteiger charge is 2.19. The summed E-state index contributed by atoms with van der Waals surface area (Å²) in [4.78, 5) is 13.2. The monoisotopic (exact) mass is 343 g/mol. The summed E-state index contributed by atoms with van der Waals surface area (Å²) in [6, 6.07) is 2.72. The number of carboxylic acid groups (broad SMARTS) is 1. The Hall–Kier alpha value is -2.59. The predicted octanol–water partition coefficient (Wildman–Crippen LogP) is 3.59. The number of rotatable bonds is 5. The average Bonchev–Trinajstić information content (AvgIpc) is 2.76. The molecule has 2 aromatic rings. The van der Waals surface area contributed by atoms with Crippen LogP contribution in [0.25, 0.3) is 5.57 Å². The lowest BCUT2D eigenvalue weighted by molar-refractivity contribution is -0.136. The number of benzene rings is 2. The van der Waals surface area contributed by atoms with Gasteiger partial charge in [0.1, 0.15) is 12.3 Å². The molecule has 3 rings (SSSR count). The lowest BCUT2D eigenvalue weighted by Gasteiger charge is -2.13. The van der Waals surface area contributed by atoms with Crippen molar-refractivity contribution < 1.29 is 22.9 Å². The minimum Gasteiger partial charge on any atom is -0.488 e. The smallest absolute Gasteiger partial charge is 0.307 e. The van der Waals surface area contributed by atoms with Crippen LogP contribution in [0.1, 0.15) is 36.9 Å². The summed E-state index contributed by atoms with van der Waals surface area (Å²) < 4.78 is 55.4. The number of carboxylic acids is 1. The van der Waals surface area contributed by atoms with Crippen molar-refractivity contribution in [1.29, 1.82) is 0 Å². The SMILES string of the molecule is [2H]c1c([2H])c([2H])c2c(c1[2H])/C(=C/CCN(C)C)c1cc(CC(=O)O)ccc1OC2([2H])[2H]. The number of hydrogen-bond acceptors (Lipinski definition) is 3. The van der Waals surface area contributed by atoms with Crippen LogP contribution in [0.4, 0.5) is 0 Å². The quantitative estimate of drug-likeness (QED) is 0.901. The van der Waals surface area contributed by atoms with Crippen LogP contribution in [0.2, 0.25) is 0 Å². The fourth-order valence-electron chi connectivity index (χ4n) is 2.67. The van der Waals surface area contributed by atoms with Crippen molar-refractivity contribution in [3.05, 3.63) is 70.7 Å². The Morgan fingerprint density at radius 1 is 1.36 bits per heavy atom. The fraction of sp³-hybridized carbons (Fsp3) is 0.286. The second kappa shape index (κ2) is 7.53. The first kappa shape index (κ1) is 11.1. The zero-order chi connectivity index (χ0) is 23.1. The summed E-state index contributed by atoms with van der Waals surface area (Å²) in [5, 5.41) is 9.17. The third kappa shape index (κ3) is 4.09. The maximum Gasteiger partial charge on any atom is 0.307 e. The third-order valence-electron chi connectivity index (χ3n) is 3.83. The number of carbonyl (C=O) groups is 1. The van der Waals surface area contributed by atoms with Crippen molar-refractivity contribution in [2.75, 3.05) is 20.6 Å². The van der Waals surface area contributed by atoms with Crippen molar-refractivity contribution in [2.24, 2.45) is 0 Å². The van der Waals surface area contributed by atoms with Crippen molar-refractivity contribution in [3.8, 4) is 5.75 Å². The molecule has 0 bridgehead atoms. The molecule has 0 amide bonds. The molecule has 0 atom stereocenters. The van der Waals surface area contributed by atoms with Gasteiger partial charge in [-0.15, -0.1) is 0 Å². The molecule has 0 spiro atoms. The average molecular weight is 343 g/mol. The predicted molar refractivity (Wildman–Crippen MR) is 98.8 cm³/mol. The molecule has 1 aliphatic heterocycles. The molecule has 25 heavy (non-hydrogen) atoms. The Morgan fingerprint density at radius 3 is 2.92 bits per heavy atom. The van der Waals surface area contributed by atoms with Crippen molar-refractivity contribution in [3.63, 3.8) is 0 Å². The van der Waals surface area contributed by atoms with E-state index >= 15 is 0 Å². The molecular formula is C21H23NO3. The number of hydrogen-bond donors (Lipinski definition) is 1. The van der Waals surface area contributed by atoms with Gasteiger partial charge in [-0.1, -0.05) is 36.3 Å². The van der Waals surface area contributed by atoms with E-state index in [9.17, 15) is 9.90 Å². The molecule has 0 saturated carbocycles. The molecular weight excluding hydrogens is 314 g/mol. The van der Waals surface area contributed by atoms with Gasteiger partial charge in [0.25, 0.3) is 0 Å². The van der Waals surface area contributed by atoms with E-state index in [0.717, 1.165) is 0 Å². The number of fused-ring (bicyclic) bond motifs is 2. The zero-order valence-electron chi connectivity index (χ0n) is 20.1. The maximum atomic E-state index is 11.2. The first-order valence-corrected chi connectivity index (χ1v) is 7.94. The molecule has 0 radical (unpaired) electrons. The number of aliphatic carboxylic acids is 1. The van der Waals surface area contributed by atoms with E-state index in [2.05, 4.69) is 0 Å². The molecule has 0 aromatic heterocycles. The largest absolute Gasteiger partial charge is 0.488 e. The van der Waals surface area contributed by atoms with E-state index in [1.807, 2.05) is 19.0 Å². The van der Waals surface area contributed by atoms with Crippen LogP contribution in [-0.4, -0.2) is 36.6 Å². The molecule has 0 unspecified atom stereocenters. The zero-order valence-corrected chi connectivity index (χ0v) is 14.1. The molecule has 4 heteroatoms. The normalized spacial score (nSPS) is 20.0. The second-order valence-corrected chi connectivity index (χ2v) is 6.06. The fourth-order valence-corrected chi connectivity index (χ4v) is 2.67. The van der Waals surface area contributed by atoms with Crippen LogP contribution in [0.15, 0.2) is 48.4 Å². The van der Waals surface area contributed by atoms with Crippen LogP contribution >= 0.6 is 0 Å². The summed E-state index contributed by atoms with van der Waals surface area (Å²) >= 11 is 0. The van der Waals surface area contributed by atoms with Crippen LogP contribution in [0.3, 0.4) is 0 Å². The third-order valence-corrected chi connectivity index (χ3v) is 3.83. The molecule has 1 heterocycles. The standard InChI is InChI=1S/C21H23NO3/c1-22(2)11-5-8-18-17-7-4-3-6-16(17)14-25-20-10-9-15(12-19(18)20)13-21(23)24/h3-4,6-10,12H,5,11,13-14H2,1-2H3,(H,23,24)/b18-8-/i3D,4D,6D,7D,14D2. The van der Waals surface area contributed by atoms with Crippen LogP contribution in [0.5, 0.6) is 5.75 Å². The van der Waals surface area contributed by atoms with E-state index < -0.39 is 30.7 Å². The molecule has 0 saturated heterocycles. The van der Waals surface area contributed by atoms with Crippen molar-refractivity contribution in [2.45, 2.75) is 19.4 Å². The Bertz CT molecular complexity index is 1080. The van der Waals surface area contributed by atoms with Gasteiger partial charge in [0.15, 0.2) is 0 Å². The second-order valence-electron chi connectivity index (χ2n) is 6.06. The minimum atomic E-state index is -2.52. The van der Waals surface area contributed by atoms with E-state index in [-0.39, 0.29) is 29.3 Å². The van der Waals surface area contributed by atoms with Gasteiger partial charge in [-0.25, -0.2) is 0 Å². The van der Waals surface area contributed by atoms with E-state index in [4.69, 9.17) is 13.0 Å². The maximum absolute atomic E-state index is 11.2. The van der Waals surface area contributed by atoms with E-state index in [1.54, 1.807) is 12.1 Å². The van der Waals surface area contributed by atoms with E-state index in [0.29, 0.717) is 29.7 Å². The minimum absolute atomic E-state index is 0.0287. The number of ether oxygens (including phenoxy) is 1. The van der Waals surface area contributed by atoms with Crippen LogP contribution < -0.4 is 4.74 Å². The van der Waals surface area contributed by atoms with Gasteiger partial charge in [0, 0.05) is 12.1 Å². The summed E-state index contributed by atoms with van der Waals surface area (Å²) in [7, 11) is 3.79. The summed E-state index contributed by atoms with van der Waals surface area (Å²) in [6.07, 6.45) is 2.06. The summed E-state index contributed by atoms with van der Waals surface area (Å²) in [5.41, 5.74) is 1.02. The highest BCUT2D eigenvalue weighted by molar-refractivity contribution is 5.85. The van der Waals surface area contributed by atoms with Gasteiger partial charge in [0.2, 0.25) is 0 Å². The van der Waals surface area contributed by atoms with Crippen LogP contribution in [-0.2, 0) is 17.8 Å². The van der Waals surface area contributed by atoms with Gasteiger partial charge in [-0.05, 0) is 54.9 Å². The Labute approximate surface area is 156 Å². The van der Waals surface area contributed by atoms with Gasteiger partial charge in [-0.3, -0.25) is 4.79 Å². The molecule has 0 aliphatic carbocycles. The van der Waals surface area contributed by atoms with Crippen molar-refractivity contribution >= 4 is 11.5 Å². The topological polar surface area (TPSA) is 49.8 Å². The first-order chi connectivity index (χ1) is 14.4. The van der Waals surface area contributed by atoms with Gasteiger partial charge in [-0.2, -0.15) is 0 Å². The Morgan fingerprint density at radius 2 is 2.16 bits per heavy atom. The van der Waals surface area contributed by atoms with Crippen LogP contribution in [0, 0.1) is 0 Å². The first-order valence-electron chi connectivity index (χ1n) is 10.9. The summed E-state index contributed by atoms with van der Waals surface area (Å²) in [5.74, 6) is -0.881. The highest BCUT2D eigenvalue weighted by atomic mass is 16.5. The molecule has 1 N–H and O–H groups in total. The summed E-state index contributed by atoms with van der Waals surface area (Å²) in [6.45, 7) is -1.87. The molecule has 130 valence electrons. The number of nitrogens with zero attached hydrogens (tertiary/aromatic N) is 1. The molecule has 4 nitrogen and oxygen atoms in total. The Kier molecular flexibility index (Phi) is 3.35. The van der Waals surface area contributed by atoms with E-state index in [1.165, 1.54) is 12.1 Å². The lowest BCUT2D eigenvalue weighted by atomic mass is 9.92.